The van der Waals surface area contributed by atoms with E-state index in [1.165, 1.54) is 0 Å². The first kappa shape index (κ1) is 12.9. The van der Waals surface area contributed by atoms with E-state index in [2.05, 4.69) is 10.1 Å². The number of benzene rings is 1. The largest absolute Gasteiger partial charge is 0.464 e. The van der Waals surface area contributed by atoms with E-state index in [1.54, 1.807) is 6.26 Å². The summed E-state index contributed by atoms with van der Waals surface area (Å²) in [6.07, 6.45) is 1.50. The minimum atomic E-state index is -0.482. The molecule has 1 atom stereocenters. The molecule has 0 saturated carbocycles. The standard InChI is InChI=1S/C15H16N2O3/c1-9(2)12(18)7-14-16-15(17-20-14)11-8-19-13-6-4-3-5-10(11)13/h3-6,8-9,12,18H,7H2,1-2H3. The number of aliphatic hydroxyl groups excluding tert-OH is 1. The van der Waals surface area contributed by atoms with Gasteiger partial charge in [-0.05, 0) is 12.0 Å². The summed E-state index contributed by atoms with van der Waals surface area (Å²) < 4.78 is 10.7. The van der Waals surface area contributed by atoms with E-state index in [0.717, 1.165) is 16.5 Å². The number of para-hydroxylation sites is 1. The molecule has 5 nitrogen and oxygen atoms in total. The zero-order valence-corrected chi connectivity index (χ0v) is 11.4. The Kier molecular flexibility index (Phi) is 3.28. The number of furan rings is 1. The summed E-state index contributed by atoms with van der Waals surface area (Å²) in [6.45, 7) is 3.90. The Morgan fingerprint density at radius 2 is 2.05 bits per heavy atom. The topological polar surface area (TPSA) is 72.3 Å². The Bertz CT molecular complexity index is 715. The SMILES string of the molecule is CC(C)C(O)Cc1nc(-c2coc3ccccc23)no1. The molecule has 2 heterocycles. The number of hydrogen-bond acceptors (Lipinski definition) is 5. The maximum absolute atomic E-state index is 9.85. The van der Waals surface area contributed by atoms with E-state index in [0.29, 0.717) is 18.1 Å². The highest BCUT2D eigenvalue weighted by atomic mass is 16.5. The predicted octanol–water partition coefficient (Wildman–Crippen LogP) is 3.04. The molecule has 104 valence electrons. The van der Waals surface area contributed by atoms with Gasteiger partial charge in [0, 0.05) is 5.39 Å². The van der Waals surface area contributed by atoms with Crippen LogP contribution in [0.15, 0.2) is 39.5 Å². The molecule has 0 amide bonds. The van der Waals surface area contributed by atoms with Crippen LogP contribution in [0.5, 0.6) is 0 Å². The molecule has 1 N–H and O–H groups in total. The molecule has 1 unspecified atom stereocenters. The molecule has 0 spiro atoms. The van der Waals surface area contributed by atoms with Crippen LogP contribution in [0.3, 0.4) is 0 Å². The molecule has 3 rings (SSSR count). The molecule has 20 heavy (non-hydrogen) atoms. The van der Waals surface area contributed by atoms with Crippen molar-refractivity contribution in [2.24, 2.45) is 5.92 Å². The summed E-state index contributed by atoms with van der Waals surface area (Å²) in [5.74, 6) is 1.08. The number of hydrogen-bond donors (Lipinski definition) is 1. The first-order valence-electron chi connectivity index (χ1n) is 6.62. The molecule has 2 aromatic heterocycles. The molecular formula is C15H16N2O3. The second-order valence-electron chi connectivity index (χ2n) is 5.17. The van der Waals surface area contributed by atoms with E-state index >= 15 is 0 Å². The lowest BCUT2D eigenvalue weighted by atomic mass is 10.0. The van der Waals surface area contributed by atoms with Crippen LogP contribution in [0.2, 0.25) is 0 Å². The summed E-state index contributed by atoms with van der Waals surface area (Å²) >= 11 is 0. The zero-order valence-electron chi connectivity index (χ0n) is 11.4. The van der Waals surface area contributed by atoms with E-state index in [-0.39, 0.29) is 5.92 Å². The molecule has 0 radical (unpaired) electrons. The van der Waals surface area contributed by atoms with Gasteiger partial charge < -0.3 is 14.0 Å². The molecule has 1 aromatic carbocycles. The van der Waals surface area contributed by atoms with Crippen LogP contribution in [0.4, 0.5) is 0 Å². The van der Waals surface area contributed by atoms with Gasteiger partial charge in [-0.25, -0.2) is 0 Å². The van der Waals surface area contributed by atoms with Crippen molar-refractivity contribution in [2.75, 3.05) is 0 Å². The fourth-order valence-corrected chi connectivity index (χ4v) is 2.01. The summed E-state index contributed by atoms with van der Waals surface area (Å²) in [7, 11) is 0. The second-order valence-corrected chi connectivity index (χ2v) is 5.17. The molecule has 0 bridgehead atoms. The monoisotopic (exact) mass is 272 g/mol. The van der Waals surface area contributed by atoms with Crippen molar-refractivity contribution in [1.82, 2.24) is 10.1 Å². The van der Waals surface area contributed by atoms with Crippen LogP contribution >= 0.6 is 0 Å². The normalized spacial score (nSPS) is 13.2. The Morgan fingerprint density at radius 1 is 1.25 bits per heavy atom. The summed E-state index contributed by atoms with van der Waals surface area (Å²) in [4.78, 5) is 4.33. The number of aromatic nitrogens is 2. The van der Waals surface area contributed by atoms with E-state index in [4.69, 9.17) is 8.94 Å². The number of rotatable bonds is 4. The predicted molar refractivity (Wildman–Crippen MR) is 74.1 cm³/mol. The number of fused-ring (bicyclic) bond motifs is 1. The highest BCUT2D eigenvalue weighted by Gasteiger charge is 2.18. The van der Waals surface area contributed by atoms with Gasteiger partial charge in [-0.2, -0.15) is 4.98 Å². The van der Waals surface area contributed by atoms with E-state index in [1.807, 2.05) is 38.1 Å². The first-order valence-corrected chi connectivity index (χ1v) is 6.62. The Hall–Kier alpha value is -2.14. The van der Waals surface area contributed by atoms with Crippen LogP contribution < -0.4 is 0 Å². The summed E-state index contributed by atoms with van der Waals surface area (Å²) in [5, 5.41) is 14.8. The number of aliphatic hydroxyl groups is 1. The molecule has 0 saturated heterocycles. The molecule has 3 aromatic rings. The third kappa shape index (κ3) is 2.32. The van der Waals surface area contributed by atoms with Crippen molar-refractivity contribution in [3.8, 4) is 11.4 Å². The minimum absolute atomic E-state index is 0.153. The zero-order chi connectivity index (χ0) is 14.1. The lowest BCUT2D eigenvalue weighted by Gasteiger charge is -2.10. The maximum atomic E-state index is 9.85. The van der Waals surface area contributed by atoms with Crippen molar-refractivity contribution < 1.29 is 14.0 Å². The molecular weight excluding hydrogens is 256 g/mol. The average molecular weight is 272 g/mol. The fraction of sp³-hybridized carbons (Fsp3) is 0.333. The Balaban J connectivity index is 1.90. The highest BCUT2D eigenvalue weighted by molar-refractivity contribution is 5.91. The fourth-order valence-electron chi connectivity index (χ4n) is 2.01. The Morgan fingerprint density at radius 3 is 2.85 bits per heavy atom. The van der Waals surface area contributed by atoms with Crippen LogP contribution in [0.1, 0.15) is 19.7 Å². The van der Waals surface area contributed by atoms with Crippen molar-refractivity contribution in [3.63, 3.8) is 0 Å². The van der Waals surface area contributed by atoms with Crippen molar-refractivity contribution >= 4 is 11.0 Å². The van der Waals surface area contributed by atoms with Gasteiger partial charge in [-0.15, -0.1) is 0 Å². The van der Waals surface area contributed by atoms with Crippen LogP contribution in [0, 0.1) is 5.92 Å². The van der Waals surface area contributed by atoms with Crippen LogP contribution in [-0.4, -0.2) is 21.4 Å². The van der Waals surface area contributed by atoms with Gasteiger partial charge in [-0.3, -0.25) is 0 Å². The maximum Gasteiger partial charge on any atom is 0.229 e. The van der Waals surface area contributed by atoms with E-state index in [9.17, 15) is 5.11 Å². The van der Waals surface area contributed by atoms with Gasteiger partial charge in [0.15, 0.2) is 0 Å². The summed E-state index contributed by atoms with van der Waals surface area (Å²) in [5.41, 5.74) is 1.59. The average Bonchev–Trinajstić information content (AvgIpc) is 3.04. The van der Waals surface area contributed by atoms with Crippen LogP contribution in [0.25, 0.3) is 22.4 Å². The van der Waals surface area contributed by atoms with Gasteiger partial charge >= 0.3 is 0 Å². The molecule has 5 heteroatoms. The smallest absolute Gasteiger partial charge is 0.229 e. The molecule has 0 aliphatic carbocycles. The molecule has 0 aliphatic heterocycles. The second kappa shape index (κ2) is 5.09. The first-order chi connectivity index (χ1) is 9.65. The van der Waals surface area contributed by atoms with Gasteiger partial charge in [0.05, 0.1) is 18.1 Å². The van der Waals surface area contributed by atoms with Gasteiger partial charge in [-0.1, -0.05) is 37.2 Å². The van der Waals surface area contributed by atoms with Gasteiger partial charge in [0.1, 0.15) is 11.8 Å². The lowest BCUT2D eigenvalue weighted by Crippen LogP contribution is -2.17. The number of nitrogens with zero attached hydrogens (tertiary/aromatic N) is 2. The van der Waals surface area contributed by atoms with Gasteiger partial charge in [0.25, 0.3) is 0 Å². The van der Waals surface area contributed by atoms with Crippen LogP contribution in [-0.2, 0) is 6.42 Å². The molecule has 0 fully saturated rings. The third-order valence-corrected chi connectivity index (χ3v) is 3.34. The minimum Gasteiger partial charge on any atom is -0.464 e. The van der Waals surface area contributed by atoms with Crippen molar-refractivity contribution in [2.45, 2.75) is 26.4 Å². The highest BCUT2D eigenvalue weighted by Crippen LogP contribution is 2.28. The van der Waals surface area contributed by atoms with Gasteiger partial charge in [0.2, 0.25) is 11.7 Å². The molecule has 0 aliphatic rings. The Labute approximate surface area is 116 Å². The van der Waals surface area contributed by atoms with Crippen molar-refractivity contribution in [1.29, 1.82) is 0 Å². The van der Waals surface area contributed by atoms with E-state index < -0.39 is 6.10 Å². The lowest BCUT2D eigenvalue weighted by molar-refractivity contribution is 0.116. The summed E-state index contributed by atoms with van der Waals surface area (Å²) in [6, 6.07) is 7.69. The van der Waals surface area contributed by atoms with Crippen molar-refractivity contribution in [3.05, 3.63) is 36.4 Å². The third-order valence-electron chi connectivity index (χ3n) is 3.34. The quantitative estimate of drug-likeness (QED) is 0.790.